The van der Waals surface area contributed by atoms with Crippen LogP contribution < -0.4 is 0 Å². The zero-order chi connectivity index (χ0) is 14.2. The summed E-state index contributed by atoms with van der Waals surface area (Å²) in [6.45, 7) is 3.20. The van der Waals surface area contributed by atoms with Crippen molar-refractivity contribution in [1.82, 2.24) is 14.8 Å². The van der Waals surface area contributed by atoms with Crippen molar-refractivity contribution in [2.24, 2.45) is 5.41 Å². The molecule has 0 unspecified atom stereocenters. The van der Waals surface area contributed by atoms with Gasteiger partial charge in [0.1, 0.15) is 11.0 Å². The maximum absolute atomic E-state index is 13.3. The molecule has 1 aliphatic rings. The van der Waals surface area contributed by atoms with E-state index in [9.17, 15) is 4.39 Å². The third-order valence-corrected chi connectivity index (χ3v) is 4.41. The van der Waals surface area contributed by atoms with Crippen LogP contribution in [0.4, 0.5) is 4.39 Å². The quantitative estimate of drug-likeness (QED) is 0.789. The van der Waals surface area contributed by atoms with Crippen LogP contribution in [-0.4, -0.2) is 14.8 Å². The molecule has 1 aliphatic carbocycles. The van der Waals surface area contributed by atoms with Gasteiger partial charge in [0, 0.05) is 23.9 Å². The molecule has 0 aliphatic heterocycles. The Morgan fingerprint density at radius 2 is 2.10 bits per heavy atom. The van der Waals surface area contributed by atoms with E-state index < -0.39 is 0 Å². The molecule has 1 fully saturated rings. The summed E-state index contributed by atoms with van der Waals surface area (Å²) in [5.74, 6) is -0.389. The van der Waals surface area contributed by atoms with Crippen LogP contribution in [-0.2, 0) is 6.54 Å². The van der Waals surface area contributed by atoms with Gasteiger partial charge in [0.2, 0.25) is 0 Å². The van der Waals surface area contributed by atoms with Crippen LogP contribution in [0.1, 0.15) is 32.6 Å². The van der Waals surface area contributed by atoms with E-state index in [0.29, 0.717) is 16.1 Å². The lowest BCUT2D eigenvalue weighted by atomic mass is 9.89. The first-order chi connectivity index (χ1) is 9.56. The van der Waals surface area contributed by atoms with E-state index in [4.69, 9.17) is 11.6 Å². The normalized spacial score (nSPS) is 17.6. The molecule has 2 heterocycles. The van der Waals surface area contributed by atoms with Crippen LogP contribution >= 0.6 is 11.6 Å². The van der Waals surface area contributed by atoms with E-state index in [-0.39, 0.29) is 5.82 Å². The smallest absolute Gasteiger partial charge is 0.142 e. The van der Waals surface area contributed by atoms with Crippen LogP contribution in [0.25, 0.3) is 11.1 Å². The summed E-state index contributed by atoms with van der Waals surface area (Å²) in [5, 5.41) is 4.68. The largest absolute Gasteiger partial charge is 0.272 e. The minimum Gasteiger partial charge on any atom is -0.272 e. The average molecular weight is 294 g/mol. The molecule has 0 aromatic carbocycles. The standard InChI is InChI=1S/C15H17ClFN3/c1-15(4-2-3-5-15)10-20-9-11(7-19-20)13-6-12(17)8-18-14(13)16/h6-9H,2-5,10H2,1H3. The fourth-order valence-corrected chi connectivity index (χ4v) is 3.20. The van der Waals surface area contributed by atoms with Gasteiger partial charge >= 0.3 is 0 Å². The molecule has 0 saturated heterocycles. The van der Waals surface area contributed by atoms with Gasteiger partial charge in [-0.05, 0) is 24.3 Å². The first-order valence-electron chi connectivity index (χ1n) is 6.90. The summed E-state index contributed by atoms with van der Waals surface area (Å²) in [6.07, 6.45) is 9.84. The van der Waals surface area contributed by atoms with Crippen molar-refractivity contribution in [3.63, 3.8) is 0 Å². The molecule has 0 radical (unpaired) electrons. The van der Waals surface area contributed by atoms with Crippen molar-refractivity contribution in [2.75, 3.05) is 0 Å². The molecule has 3 nitrogen and oxygen atoms in total. The van der Waals surface area contributed by atoms with Crippen LogP contribution in [0, 0.1) is 11.2 Å². The Kier molecular flexibility index (Phi) is 3.50. The van der Waals surface area contributed by atoms with Crippen LogP contribution in [0.3, 0.4) is 0 Å². The number of nitrogens with zero attached hydrogens (tertiary/aromatic N) is 3. The van der Waals surface area contributed by atoms with Gasteiger partial charge in [0.25, 0.3) is 0 Å². The second-order valence-corrected chi connectivity index (χ2v) is 6.29. The lowest BCUT2D eigenvalue weighted by Gasteiger charge is -2.22. The first kappa shape index (κ1) is 13.6. The zero-order valence-corrected chi connectivity index (χ0v) is 12.2. The summed E-state index contributed by atoms with van der Waals surface area (Å²) in [4.78, 5) is 3.83. The maximum Gasteiger partial charge on any atom is 0.142 e. The fourth-order valence-electron chi connectivity index (χ4n) is 2.99. The van der Waals surface area contributed by atoms with Crippen molar-refractivity contribution in [1.29, 1.82) is 0 Å². The van der Waals surface area contributed by atoms with Crippen molar-refractivity contribution in [3.8, 4) is 11.1 Å². The SMILES string of the molecule is CC1(Cn2cc(-c3cc(F)cnc3Cl)cn2)CCCC1. The molecule has 2 aromatic rings. The van der Waals surface area contributed by atoms with Gasteiger partial charge in [-0.15, -0.1) is 0 Å². The number of hydrogen-bond acceptors (Lipinski definition) is 2. The Balaban J connectivity index is 1.84. The van der Waals surface area contributed by atoms with Crippen molar-refractivity contribution < 1.29 is 4.39 Å². The van der Waals surface area contributed by atoms with Crippen molar-refractivity contribution in [3.05, 3.63) is 35.6 Å². The molecule has 0 atom stereocenters. The first-order valence-corrected chi connectivity index (χ1v) is 7.27. The molecular formula is C15H17ClFN3. The van der Waals surface area contributed by atoms with Crippen LogP contribution in [0.15, 0.2) is 24.7 Å². The number of halogens is 2. The Morgan fingerprint density at radius 3 is 2.85 bits per heavy atom. The molecule has 1 saturated carbocycles. The Labute approximate surface area is 122 Å². The Morgan fingerprint density at radius 1 is 1.35 bits per heavy atom. The fraction of sp³-hybridized carbons (Fsp3) is 0.467. The summed E-state index contributed by atoms with van der Waals surface area (Å²) >= 11 is 6.02. The molecule has 0 N–H and O–H groups in total. The Bertz CT molecular complexity index is 617. The highest BCUT2D eigenvalue weighted by molar-refractivity contribution is 6.32. The highest BCUT2D eigenvalue weighted by Gasteiger charge is 2.29. The lowest BCUT2D eigenvalue weighted by Crippen LogP contribution is -2.19. The van der Waals surface area contributed by atoms with Gasteiger partial charge in [-0.3, -0.25) is 4.68 Å². The van der Waals surface area contributed by atoms with E-state index in [1.165, 1.54) is 31.7 Å². The molecule has 0 amide bonds. The summed E-state index contributed by atoms with van der Waals surface area (Å²) in [7, 11) is 0. The summed E-state index contributed by atoms with van der Waals surface area (Å²) < 4.78 is 15.2. The van der Waals surface area contributed by atoms with E-state index in [1.54, 1.807) is 6.20 Å². The molecule has 20 heavy (non-hydrogen) atoms. The molecule has 0 spiro atoms. The molecule has 106 valence electrons. The van der Waals surface area contributed by atoms with E-state index in [2.05, 4.69) is 17.0 Å². The zero-order valence-electron chi connectivity index (χ0n) is 11.4. The van der Waals surface area contributed by atoms with E-state index in [1.807, 2.05) is 10.9 Å². The highest BCUT2D eigenvalue weighted by atomic mass is 35.5. The van der Waals surface area contributed by atoms with Gasteiger partial charge in [0.15, 0.2) is 0 Å². The van der Waals surface area contributed by atoms with Crippen LogP contribution in [0.2, 0.25) is 5.15 Å². The minimum atomic E-state index is -0.389. The topological polar surface area (TPSA) is 30.7 Å². The predicted octanol–water partition coefficient (Wildman–Crippen LogP) is 4.32. The highest BCUT2D eigenvalue weighted by Crippen LogP contribution is 2.39. The van der Waals surface area contributed by atoms with E-state index >= 15 is 0 Å². The van der Waals surface area contributed by atoms with Crippen LogP contribution in [0.5, 0.6) is 0 Å². The molecule has 2 aromatic heterocycles. The Hall–Kier alpha value is -1.42. The van der Waals surface area contributed by atoms with E-state index in [0.717, 1.165) is 18.3 Å². The number of hydrogen-bond donors (Lipinski definition) is 0. The third-order valence-electron chi connectivity index (χ3n) is 4.10. The third kappa shape index (κ3) is 2.70. The number of rotatable bonds is 3. The van der Waals surface area contributed by atoms with Crippen molar-refractivity contribution in [2.45, 2.75) is 39.2 Å². The van der Waals surface area contributed by atoms with Gasteiger partial charge < -0.3 is 0 Å². The molecular weight excluding hydrogens is 277 g/mol. The van der Waals surface area contributed by atoms with Gasteiger partial charge in [0.05, 0.1) is 12.4 Å². The lowest BCUT2D eigenvalue weighted by molar-refractivity contribution is 0.268. The maximum atomic E-state index is 13.3. The number of aromatic nitrogens is 3. The minimum absolute atomic E-state index is 0.304. The molecule has 3 rings (SSSR count). The summed E-state index contributed by atoms with van der Waals surface area (Å²) in [5.41, 5.74) is 1.73. The predicted molar refractivity (Wildman–Crippen MR) is 77.0 cm³/mol. The second kappa shape index (κ2) is 5.17. The van der Waals surface area contributed by atoms with Gasteiger partial charge in [-0.2, -0.15) is 5.10 Å². The molecule has 0 bridgehead atoms. The average Bonchev–Trinajstić information content (AvgIpc) is 3.02. The summed E-state index contributed by atoms with van der Waals surface area (Å²) in [6, 6.07) is 1.40. The second-order valence-electron chi connectivity index (χ2n) is 5.94. The van der Waals surface area contributed by atoms with Crippen molar-refractivity contribution >= 4 is 11.6 Å². The molecule has 5 heteroatoms. The van der Waals surface area contributed by atoms with Gasteiger partial charge in [-0.25, -0.2) is 9.37 Å². The van der Waals surface area contributed by atoms with Gasteiger partial charge in [-0.1, -0.05) is 31.4 Å². The number of pyridine rings is 1. The monoisotopic (exact) mass is 293 g/mol.